The molecule has 5 rings (SSSR count). The Balaban J connectivity index is 1.07. The Labute approximate surface area is 198 Å². The number of carbonyl (C=O) groups is 2. The van der Waals surface area contributed by atoms with Gasteiger partial charge in [-0.05, 0) is 43.5 Å². The number of rotatable bonds is 4. The van der Waals surface area contributed by atoms with E-state index in [2.05, 4.69) is 20.3 Å². The fraction of sp³-hybridized carbons (Fsp3) is 0.440. The molecule has 1 N–H and O–H groups in total. The molecule has 1 aromatic heterocycles. The highest BCUT2D eigenvalue weighted by atomic mass is 16.6. The minimum absolute atomic E-state index is 0.0458. The van der Waals surface area contributed by atoms with Gasteiger partial charge in [-0.15, -0.1) is 0 Å². The van der Waals surface area contributed by atoms with Crippen molar-refractivity contribution in [2.45, 2.75) is 32.4 Å². The van der Waals surface area contributed by atoms with Gasteiger partial charge in [0.15, 0.2) is 0 Å². The molecule has 2 aliphatic rings. The Bertz CT molecular complexity index is 1140. The van der Waals surface area contributed by atoms with Gasteiger partial charge in [-0.25, -0.2) is 4.79 Å². The highest BCUT2D eigenvalue weighted by molar-refractivity contribution is 5.97. The number of aromatic nitrogens is 3. The van der Waals surface area contributed by atoms with E-state index >= 15 is 0 Å². The predicted molar refractivity (Wildman–Crippen MR) is 127 cm³/mol. The third-order valence-electron chi connectivity index (χ3n) is 6.89. The van der Waals surface area contributed by atoms with Crippen LogP contribution in [0.5, 0.6) is 0 Å². The highest BCUT2D eigenvalue weighted by Crippen LogP contribution is 2.21. The van der Waals surface area contributed by atoms with Crippen LogP contribution in [-0.2, 0) is 11.3 Å². The first-order valence-corrected chi connectivity index (χ1v) is 11.9. The number of aromatic amines is 1. The number of benzene rings is 2. The molecular weight excluding hydrogens is 432 g/mol. The molecule has 0 aliphatic carbocycles. The van der Waals surface area contributed by atoms with Gasteiger partial charge in [0.2, 0.25) is 0 Å². The van der Waals surface area contributed by atoms with E-state index < -0.39 is 0 Å². The molecule has 3 aromatic rings. The van der Waals surface area contributed by atoms with Crippen LogP contribution < -0.4 is 0 Å². The number of nitrogens with zero attached hydrogens (tertiary/aromatic N) is 5. The van der Waals surface area contributed by atoms with Gasteiger partial charge in [0.05, 0.1) is 0 Å². The average Bonchev–Trinajstić information content (AvgIpc) is 3.36. The maximum absolute atomic E-state index is 12.9. The van der Waals surface area contributed by atoms with Crippen LogP contribution in [0.4, 0.5) is 4.79 Å². The summed E-state index contributed by atoms with van der Waals surface area (Å²) in [5, 5.41) is 10.7. The van der Waals surface area contributed by atoms with Crippen LogP contribution >= 0.6 is 0 Å². The summed E-state index contributed by atoms with van der Waals surface area (Å²) in [4.78, 5) is 31.6. The molecule has 178 valence electrons. The van der Waals surface area contributed by atoms with Gasteiger partial charge in [-0.2, -0.15) is 15.4 Å². The summed E-state index contributed by atoms with van der Waals surface area (Å²) in [7, 11) is 0. The lowest BCUT2D eigenvalue weighted by Gasteiger charge is -2.42. The molecule has 2 amide bonds. The summed E-state index contributed by atoms with van der Waals surface area (Å²) in [6.45, 7) is 6.82. The normalized spacial score (nSPS) is 17.8. The van der Waals surface area contributed by atoms with Crippen molar-refractivity contribution in [3.63, 3.8) is 0 Å². The van der Waals surface area contributed by atoms with Crippen molar-refractivity contribution >= 4 is 23.0 Å². The lowest BCUT2D eigenvalue weighted by molar-refractivity contribution is 0.0394. The van der Waals surface area contributed by atoms with Gasteiger partial charge in [-0.3, -0.25) is 9.69 Å². The van der Waals surface area contributed by atoms with Gasteiger partial charge in [0.1, 0.15) is 17.6 Å². The Kier molecular flexibility index (Phi) is 6.44. The van der Waals surface area contributed by atoms with Gasteiger partial charge in [0, 0.05) is 50.9 Å². The number of aryl methyl sites for hydroxylation is 1. The van der Waals surface area contributed by atoms with Crippen molar-refractivity contribution in [1.29, 1.82) is 0 Å². The monoisotopic (exact) mass is 462 g/mol. The average molecular weight is 463 g/mol. The number of likely N-dealkylation sites (tertiary alicyclic amines) is 1. The zero-order valence-corrected chi connectivity index (χ0v) is 19.4. The van der Waals surface area contributed by atoms with Crippen LogP contribution in [0.15, 0.2) is 42.5 Å². The molecule has 9 nitrogen and oxygen atoms in total. The second kappa shape index (κ2) is 9.80. The molecule has 34 heavy (non-hydrogen) atoms. The van der Waals surface area contributed by atoms with Gasteiger partial charge in [0.25, 0.3) is 5.91 Å². The largest absolute Gasteiger partial charge is 0.445 e. The van der Waals surface area contributed by atoms with E-state index in [1.807, 2.05) is 48.2 Å². The zero-order valence-electron chi connectivity index (χ0n) is 19.4. The van der Waals surface area contributed by atoms with E-state index in [1.165, 1.54) is 5.56 Å². The molecule has 0 spiro atoms. The Morgan fingerprint density at radius 2 is 1.62 bits per heavy atom. The van der Waals surface area contributed by atoms with Gasteiger partial charge < -0.3 is 14.5 Å². The molecule has 2 aliphatic heterocycles. The van der Waals surface area contributed by atoms with E-state index in [1.54, 1.807) is 11.0 Å². The van der Waals surface area contributed by atoms with Crippen molar-refractivity contribution in [1.82, 2.24) is 30.1 Å². The first kappa shape index (κ1) is 22.3. The number of piperazine rings is 1. The molecule has 2 aromatic carbocycles. The molecule has 2 saturated heterocycles. The Morgan fingerprint density at radius 3 is 2.35 bits per heavy atom. The molecule has 0 bridgehead atoms. The summed E-state index contributed by atoms with van der Waals surface area (Å²) in [6, 6.07) is 13.9. The molecule has 0 atom stereocenters. The number of piperidine rings is 1. The number of amides is 2. The maximum atomic E-state index is 12.9. The van der Waals surface area contributed by atoms with E-state index in [0.717, 1.165) is 50.1 Å². The fourth-order valence-corrected chi connectivity index (χ4v) is 4.78. The Morgan fingerprint density at radius 1 is 0.912 bits per heavy atom. The summed E-state index contributed by atoms with van der Waals surface area (Å²) in [5.74, 6) is 0.0458. The number of nitrogens with one attached hydrogen (secondary N) is 1. The number of hydrogen-bond donors (Lipinski definition) is 1. The quantitative estimate of drug-likeness (QED) is 0.641. The molecule has 9 heteroatoms. The van der Waals surface area contributed by atoms with Crippen LogP contribution in [0.1, 0.15) is 34.3 Å². The highest BCUT2D eigenvalue weighted by Gasteiger charge is 2.31. The van der Waals surface area contributed by atoms with Crippen LogP contribution in [0, 0.1) is 6.92 Å². The molecule has 3 heterocycles. The summed E-state index contributed by atoms with van der Waals surface area (Å²) in [5.41, 5.74) is 4.30. The lowest BCUT2D eigenvalue weighted by Crippen LogP contribution is -2.54. The molecule has 2 fully saturated rings. The number of fused-ring (bicyclic) bond motifs is 1. The lowest BCUT2D eigenvalue weighted by atomic mass is 10.0. The summed E-state index contributed by atoms with van der Waals surface area (Å²) < 4.78 is 5.51. The number of carbonyl (C=O) groups excluding carboxylic acids is 2. The van der Waals surface area contributed by atoms with E-state index in [-0.39, 0.29) is 12.0 Å². The zero-order chi connectivity index (χ0) is 23.5. The Hall–Kier alpha value is -3.46. The third-order valence-corrected chi connectivity index (χ3v) is 6.89. The van der Waals surface area contributed by atoms with Gasteiger partial charge >= 0.3 is 6.09 Å². The van der Waals surface area contributed by atoms with E-state index in [0.29, 0.717) is 36.8 Å². The first-order valence-electron chi connectivity index (χ1n) is 11.9. The second-order valence-corrected chi connectivity index (χ2v) is 9.11. The maximum Gasteiger partial charge on any atom is 0.410 e. The fourth-order valence-electron chi connectivity index (χ4n) is 4.78. The van der Waals surface area contributed by atoms with Crippen LogP contribution in [0.25, 0.3) is 11.0 Å². The topological polar surface area (TPSA) is 94.7 Å². The molecule has 0 radical (unpaired) electrons. The van der Waals surface area contributed by atoms with Crippen LogP contribution in [-0.4, -0.2) is 87.4 Å². The first-order chi connectivity index (χ1) is 16.6. The molecule has 0 unspecified atom stereocenters. The molecular formula is C25H30N6O3. The van der Waals surface area contributed by atoms with Crippen LogP contribution in [0.2, 0.25) is 0 Å². The van der Waals surface area contributed by atoms with Gasteiger partial charge in [-0.1, -0.05) is 29.8 Å². The summed E-state index contributed by atoms with van der Waals surface area (Å²) in [6.07, 6.45) is 1.63. The van der Waals surface area contributed by atoms with Crippen LogP contribution in [0.3, 0.4) is 0 Å². The molecule has 0 saturated carbocycles. The van der Waals surface area contributed by atoms with Crippen molar-refractivity contribution in [2.24, 2.45) is 0 Å². The van der Waals surface area contributed by atoms with Crippen molar-refractivity contribution in [3.8, 4) is 0 Å². The standard InChI is InChI=1S/C25H30N6O3/c1-18-2-4-19(5-3-18)17-34-25(33)31-14-12-29(13-15-31)21-8-10-30(11-9-21)24(32)20-6-7-22-23(16-20)27-28-26-22/h2-7,16,21H,8-15,17H2,1H3,(H,26,27,28). The minimum atomic E-state index is -0.246. The van der Waals surface area contributed by atoms with Crippen molar-refractivity contribution in [2.75, 3.05) is 39.3 Å². The number of hydrogen-bond acceptors (Lipinski definition) is 6. The number of H-pyrrole nitrogens is 1. The smallest absolute Gasteiger partial charge is 0.410 e. The SMILES string of the molecule is Cc1ccc(COC(=O)N2CCN(C3CCN(C(=O)c4ccc5n[nH]nc5c4)CC3)CC2)cc1. The predicted octanol–water partition coefficient (Wildman–Crippen LogP) is 2.83. The van der Waals surface area contributed by atoms with E-state index in [4.69, 9.17) is 4.74 Å². The third kappa shape index (κ3) is 4.89. The van der Waals surface area contributed by atoms with Crippen molar-refractivity contribution < 1.29 is 14.3 Å². The minimum Gasteiger partial charge on any atom is -0.445 e. The summed E-state index contributed by atoms with van der Waals surface area (Å²) >= 11 is 0. The number of ether oxygens (including phenoxy) is 1. The van der Waals surface area contributed by atoms with E-state index in [9.17, 15) is 9.59 Å². The van der Waals surface area contributed by atoms with Crippen molar-refractivity contribution in [3.05, 3.63) is 59.2 Å². The second-order valence-electron chi connectivity index (χ2n) is 9.11.